The molecule has 3 aliphatic rings. The van der Waals surface area contributed by atoms with E-state index in [1.807, 2.05) is 182 Å². The highest BCUT2D eigenvalue weighted by Crippen LogP contribution is 2.41. The van der Waals surface area contributed by atoms with Crippen LogP contribution in [0.3, 0.4) is 0 Å². The number of benzene rings is 6. The number of nitrogens with one attached hydrogen (secondary N) is 1. The molecule has 0 bridgehead atoms. The highest BCUT2D eigenvalue weighted by Gasteiger charge is 2.61. The van der Waals surface area contributed by atoms with Crippen LogP contribution in [0.15, 0.2) is 182 Å². The van der Waals surface area contributed by atoms with Crippen molar-refractivity contribution in [2.45, 2.75) is 151 Å². The second-order valence-corrected chi connectivity index (χ2v) is 21.4. The average Bonchev–Trinajstić information content (AvgIpc) is 0.985. The van der Waals surface area contributed by atoms with Crippen LogP contribution in [0.1, 0.15) is 46.7 Å². The summed E-state index contributed by atoms with van der Waals surface area (Å²) in [7, 11) is 1.04. The van der Waals surface area contributed by atoms with E-state index in [1.54, 1.807) is 0 Å². The van der Waals surface area contributed by atoms with Gasteiger partial charge in [0.15, 0.2) is 12.6 Å². The van der Waals surface area contributed by atoms with Crippen molar-refractivity contribution in [3.05, 3.63) is 215 Å². The van der Waals surface area contributed by atoms with Crippen LogP contribution in [0.25, 0.3) is 0 Å². The van der Waals surface area contributed by atoms with Gasteiger partial charge in [0.1, 0.15) is 67.1 Å². The summed E-state index contributed by atoms with van der Waals surface area (Å²) in [5.74, 6) is -4.64. The molecule has 16 atom stereocenters. The summed E-state index contributed by atoms with van der Waals surface area (Å²) in [6.07, 6.45) is -21.9. The third-order valence-corrected chi connectivity index (χ3v) is 15.1. The van der Waals surface area contributed by atoms with Gasteiger partial charge in [-0.3, -0.25) is 4.79 Å². The Balaban J connectivity index is 1.15. The molecule has 0 spiro atoms. The zero-order valence-corrected chi connectivity index (χ0v) is 48.0. The molecule has 6 aromatic rings. The van der Waals surface area contributed by atoms with E-state index in [0.717, 1.165) is 41.9 Å². The molecule has 0 aromatic heterocycles. The predicted molar refractivity (Wildman–Crippen MR) is 309 cm³/mol. The number of hydrogen-bond acceptors (Lipinski definition) is 19. The standard InChI is InChI=1S/C66H77NO19/c1-43(69)67-54-50(70)33-66(65(74)75-2,85-59(54)55(72)51(71)34-68)86-60-56(73)63(82-52(41-76-35-44-21-9-3-10-22-44)57(60)78-37-46-25-13-5-14-26-46)84-58-53(42-77-36-45-23-11-4-12-24-45)83-64(81-40-49-31-19-8-20-32-49)62(80-39-48-29-17-7-18-30-48)61(58)79-38-47-27-15-6-16-28-47/h3-32,50-64,68,70-73H,33-42H2,1-2H3,(H,67,69)/t50-,51-,52+,53+,54-,55-,56-,57-,58-,59-,60+,61-,62+,63+,64-,66-/m1/s1. The molecule has 9 rings (SSSR count). The molecule has 0 radical (unpaired) electrons. The molecule has 3 aliphatic heterocycles. The van der Waals surface area contributed by atoms with Gasteiger partial charge in [0.2, 0.25) is 5.91 Å². The van der Waals surface area contributed by atoms with Crippen LogP contribution in [0, 0.1) is 0 Å². The minimum atomic E-state index is -2.75. The first-order valence-corrected chi connectivity index (χ1v) is 28.8. The normalized spacial score (nSPS) is 28.2. The Morgan fingerprint density at radius 3 is 1.40 bits per heavy atom. The molecule has 86 heavy (non-hydrogen) atoms. The number of carbonyl (C=O) groups excluding carboxylic acids is 2. The number of aliphatic hydroxyl groups excluding tert-OH is 5. The summed E-state index contributed by atoms with van der Waals surface area (Å²) < 4.78 is 79.9. The fraction of sp³-hybridized carbons (Fsp3) is 0.424. The van der Waals surface area contributed by atoms with E-state index in [9.17, 15) is 35.1 Å². The Labute approximate surface area is 500 Å². The zero-order chi connectivity index (χ0) is 60.3. The number of carbonyl (C=O) groups is 2. The highest BCUT2D eigenvalue weighted by molar-refractivity contribution is 5.78. The van der Waals surface area contributed by atoms with Gasteiger partial charge in [0.25, 0.3) is 5.79 Å². The maximum atomic E-state index is 14.6. The van der Waals surface area contributed by atoms with E-state index < -0.39 is 123 Å². The lowest BCUT2D eigenvalue weighted by molar-refractivity contribution is -0.394. The summed E-state index contributed by atoms with van der Waals surface area (Å²) in [6.45, 7) is 0.246. The largest absolute Gasteiger partial charge is 0.465 e. The summed E-state index contributed by atoms with van der Waals surface area (Å²) in [5, 5.41) is 60.2. The van der Waals surface area contributed by atoms with Crippen molar-refractivity contribution in [2.75, 3.05) is 26.9 Å². The van der Waals surface area contributed by atoms with Gasteiger partial charge in [0.05, 0.1) is 78.7 Å². The number of ether oxygens (including phenoxy) is 12. The van der Waals surface area contributed by atoms with Crippen LogP contribution in [-0.2, 0) is 106 Å². The fourth-order valence-electron chi connectivity index (χ4n) is 10.7. The van der Waals surface area contributed by atoms with Crippen molar-refractivity contribution >= 4 is 11.9 Å². The van der Waals surface area contributed by atoms with Crippen LogP contribution >= 0.6 is 0 Å². The van der Waals surface area contributed by atoms with Gasteiger partial charge < -0.3 is 87.7 Å². The van der Waals surface area contributed by atoms with Gasteiger partial charge in [-0.05, 0) is 33.4 Å². The Kier molecular flexibility index (Phi) is 23.9. The van der Waals surface area contributed by atoms with Gasteiger partial charge >= 0.3 is 5.97 Å². The molecule has 0 saturated carbocycles. The second-order valence-electron chi connectivity index (χ2n) is 21.4. The van der Waals surface area contributed by atoms with Crippen LogP contribution in [0.2, 0.25) is 0 Å². The quantitative estimate of drug-likeness (QED) is 0.0329. The number of amides is 1. The summed E-state index contributed by atoms with van der Waals surface area (Å²) >= 11 is 0. The van der Waals surface area contributed by atoms with Gasteiger partial charge in [-0.15, -0.1) is 0 Å². The minimum Gasteiger partial charge on any atom is -0.465 e. The third-order valence-electron chi connectivity index (χ3n) is 15.1. The molecule has 0 aliphatic carbocycles. The molecule has 1 amide bonds. The van der Waals surface area contributed by atoms with Crippen LogP contribution in [0.5, 0.6) is 0 Å². The van der Waals surface area contributed by atoms with Gasteiger partial charge in [0, 0.05) is 13.3 Å². The maximum Gasteiger partial charge on any atom is 0.366 e. The molecule has 3 fully saturated rings. The minimum absolute atomic E-state index is 0.0452. The average molecular weight is 1190 g/mol. The molecule has 20 heteroatoms. The SMILES string of the molecule is COC(=O)[C@]1(O[C@H]2[C@@H](O)[C@H](O[C@H]3[C@@H](OCc4ccccc4)[C@H](OCc4ccccc4)[C@H](OCc4ccccc4)O[C@H]3COCc3ccccc3)O[C@@H](COCc3ccccc3)[C@H]2OCc2ccccc2)C[C@@H](O)[C@@H](NC(C)=O)[C@H]([C@H](O)[C@H](O)CO)O1. The first kappa shape index (κ1) is 64.1. The number of esters is 1. The molecule has 6 N–H and O–H groups in total. The Hall–Kier alpha value is -6.38. The van der Waals surface area contributed by atoms with Gasteiger partial charge in [-0.25, -0.2) is 4.79 Å². The van der Waals surface area contributed by atoms with Crippen molar-refractivity contribution in [3.63, 3.8) is 0 Å². The highest BCUT2D eigenvalue weighted by atomic mass is 16.8. The molecule has 3 heterocycles. The molecule has 20 nitrogen and oxygen atoms in total. The van der Waals surface area contributed by atoms with Crippen molar-refractivity contribution in [2.24, 2.45) is 0 Å². The molecular weight excluding hydrogens is 1110 g/mol. The first-order valence-electron chi connectivity index (χ1n) is 28.8. The number of aliphatic hydroxyl groups is 5. The molecule has 3 saturated heterocycles. The molecule has 6 aromatic carbocycles. The molecule has 460 valence electrons. The van der Waals surface area contributed by atoms with E-state index in [2.05, 4.69) is 5.32 Å². The lowest BCUT2D eigenvalue weighted by Gasteiger charge is -2.52. The molecular formula is C66H77NO19. The van der Waals surface area contributed by atoms with Crippen molar-refractivity contribution in [1.82, 2.24) is 5.32 Å². The van der Waals surface area contributed by atoms with Gasteiger partial charge in [-0.2, -0.15) is 0 Å². The van der Waals surface area contributed by atoms with E-state index in [0.29, 0.717) is 5.56 Å². The molecule has 0 unspecified atom stereocenters. The smallest absolute Gasteiger partial charge is 0.366 e. The van der Waals surface area contributed by atoms with E-state index in [-0.39, 0.29) is 52.9 Å². The Morgan fingerprint density at radius 1 is 0.547 bits per heavy atom. The van der Waals surface area contributed by atoms with E-state index in [4.69, 9.17) is 56.8 Å². The number of rotatable bonds is 29. The van der Waals surface area contributed by atoms with Crippen molar-refractivity contribution < 1.29 is 92.0 Å². The van der Waals surface area contributed by atoms with Crippen LogP contribution in [0.4, 0.5) is 0 Å². The van der Waals surface area contributed by atoms with E-state index >= 15 is 0 Å². The van der Waals surface area contributed by atoms with Crippen molar-refractivity contribution in [3.8, 4) is 0 Å². The zero-order valence-electron chi connectivity index (χ0n) is 48.0. The third kappa shape index (κ3) is 17.2. The summed E-state index contributed by atoms with van der Waals surface area (Å²) in [5.41, 5.74) is 4.92. The van der Waals surface area contributed by atoms with Crippen LogP contribution in [-0.4, -0.2) is 162 Å². The Bertz CT molecular complexity index is 2920. The number of hydrogen-bond donors (Lipinski definition) is 6. The Morgan fingerprint density at radius 2 is 0.953 bits per heavy atom. The lowest BCUT2D eigenvalue weighted by Crippen LogP contribution is -2.71. The topological polar surface area (TPSA) is 258 Å². The van der Waals surface area contributed by atoms with E-state index in [1.165, 1.54) is 0 Å². The van der Waals surface area contributed by atoms with Crippen molar-refractivity contribution in [1.29, 1.82) is 0 Å². The summed E-state index contributed by atoms with van der Waals surface area (Å²) in [6, 6.07) is 55.3. The monoisotopic (exact) mass is 1190 g/mol. The first-order chi connectivity index (χ1) is 41.9. The number of methoxy groups -OCH3 is 1. The maximum absolute atomic E-state index is 14.6. The summed E-state index contributed by atoms with van der Waals surface area (Å²) in [4.78, 5) is 27.2. The van der Waals surface area contributed by atoms with Gasteiger partial charge in [-0.1, -0.05) is 182 Å². The fourth-order valence-corrected chi connectivity index (χ4v) is 10.7. The second kappa shape index (κ2) is 32.0. The predicted octanol–water partition coefficient (Wildman–Crippen LogP) is 5.21. The lowest BCUT2D eigenvalue weighted by atomic mass is 9.88. The van der Waals surface area contributed by atoms with Crippen LogP contribution < -0.4 is 5.32 Å².